The lowest BCUT2D eigenvalue weighted by Crippen LogP contribution is -2.24. The summed E-state index contributed by atoms with van der Waals surface area (Å²) in [6.07, 6.45) is 9.28. The second-order valence-corrected chi connectivity index (χ2v) is 7.74. The number of hydrogen-bond donors (Lipinski definition) is 0. The maximum absolute atomic E-state index is 11.9. The van der Waals surface area contributed by atoms with Crippen LogP contribution in [0.25, 0.3) is 0 Å². The van der Waals surface area contributed by atoms with Gasteiger partial charge in [-0.15, -0.1) is 0 Å². The van der Waals surface area contributed by atoms with Crippen molar-refractivity contribution in [2.75, 3.05) is 0 Å². The molecule has 0 atom stereocenters. The standard InChI is InChI=1S/C14H10Cl4O3/c15-13(16)5-1-3-9(7-13)11(19)21-12(20)10-4-2-6-14(17,18)8-10/h1-6H,7-8H2. The summed E-state index contributed by atoms with van der Waals surface area (Å²) in [6.45, 7) is 0. The first-order valence-corrected chi connectivity index (χ1v) is 7.49. The van der Waals surface area contributed by atoms with Crippen molar-refractivity contribution in [3.05, 3.63) is 47.6 Å². The van der Waals surface area contributed by atoms with Crippen LogP contribution < -0.4 is 0 Å². The quantitative estimate of drug-likeness (QED) is 0.417. The fourth-order valence-electron chi connectivity index (χ4n) is 1.85. The molecule has 0 aromatic heterocycles. The number of allylic oxidation sites excluding steroid dienone is 6. The molecule has 0 bridgehead atoms. The Morgan fingerprint density at radius 3 is 1.57 bits per heavy atom. The van der Waals surface area contributed by atoms with Crippen LogP contribution in [-0.2, 0) is 14.3 Å². The van der Waals surface area contributed by atoms with E-state index >= 15 is 0 Å². The average Bonchev–Trinajstić information content (AvgIpc) is 2.36. The van der Waals surface area contributed by atoms with E-state index < -0.39 is 20.6 Å². The average molecular weight is 368 g/mol. The number of ether oxygens (including phenoxy) is 1. The van der Waals surface area contributed by atoms with Gasteiger partial charge < -0.3 is 4.74 Å². The second-order valence-electron chi connectivity index (χ2n) is 4.65. The van der Waals surface area contributed by atoms with E-state index in [4.69, 9.17) is 51.1 Å². The third-order valence-corrected chi connectivity index (χ3v) is 3.88. The summed E-state index contributed by atoms with van der Waals surface area (Å²) in [4.78, 5) is 23.9. The highest BCUT2D eigenvalue weighted by molar-refractivity contribution is 6.50. The van der Waals surface area contributed by atoms with Crippen LogP contribution in [0.3, 0.4) is 0 Å². The number of hydrogen-bond acceptors (Lipinski definition) is 3. The SMILES string of the molecule is O=C(OC(=O)C1=CC=CC(Cl)(Cl)C1)C1=CC=CC(Cl)(Cl)C1. The number of carbonyl (C=O) groups is 2. The zero-order chi connectivity index (χ0) is 15.7. The van der Waals surface area contributed by atoms with Gasteiger partial charge in [-0.25, -0.2) is 9.59 Å². The molecule has 0 spiro atoms. The van der Waals surface area contributed by atoms with Gasteiger partial charge in [-0.05, 0) is 12.2 Å². The lowest BCUT2D eigenvalue weighted by atomic mass is 10.0. The molecule has 0 saturated heterocycles. The smallest absolute Gasteiger partial charge is 0.342 e. The minimum absolute atomic E-state index is 0.0621. The normalized spacial score (nSPS) is 22.3. The molecule has 0 aromatic rings. The third-order valence-electron chi connectivity index (χ3n) is 2.84. The first kappa shape index (κ1) is 16.6. The van der Waals surface area contributed by atoms with Gasteiger partial charge in [0, 0.05) is 24.0 Å². The van der Waals surface area contributed by atoms with Crippen molar-refractivity contribution >= 4 is 58.3 Å². The zero-order valence-electron chi connectivity index (χ0n) is 10.6. The lowest BCUT2D eigenvalue weighted by Gasteiger charge is -2.21. The minimum atomic E-state index is -1.18. The van der Waals surface area contributed by atoms with Gasteiger partial charge in [0.1, 0.15) is 8.67 Å². The fraction of sp³-hybridized carbons (Fsp3) is 0.286. The number of halogens is 4. The zero-order valence-corrected chi connectivity index (χ0v) is 13.6. The van der Waals surface area contributed by atoms with Crippen molar-refractivity contribution in [3.63, 3.8) is 0 Å². The highest BCUT2D eigenvalue weighted by Crippen LogP contribution is 2.35. The van der Waals surface area contributed by atoms with Crippen LogP contribution in [0.5, 0.6) is 0 Å². The van der Waals surface area contributed by atoms with Crippen molar-refractivity contribution in [1.29, 1.82) is 0 Å². The molecule has 0 heterocycles. The van der Waals surface area contributed by atoms with Crippen molar-refractivity contribution in [1.82, 2.24) is 0 Å². The van der Waals surface area contributed by atoms with E-state index in [1.807, 2.05) is 0 Å². The summed E-state index contributed by atoms with van der Waals surface area (Å²) in [5.41, 5.74) is 0.427. The summed E-state index contributed by atoms with van der Waals surface area (Å²) in [5.74, 6) is -1.58. The van der Waals surface area contributed by atoms with Gasteiger partial charge in [0.25, 0.3) is 0 Å². The van der Waals surface area contributed by atoms with E-state index in [9.17, 15) is 9.59 Å². The van der Waals surface area contributed by atoms with Gasteiger partial charge in [-0.3, -0.25) is 0 Å². The lowest BCUT2D eigenvalue weighted by molar-refractivity contribution is -0.154. The number of rotatable bonds is 2. The van der Waals surface area contributed by atoms with Crippen LogP contribution in [0.4, 0.5) is 0 Å². The van der Waals surface area contributed by atoms with E-state index in [0.717, 1.165) is 0 Å². The van der Waals surface area contributed by atoms with Crippen LogP contribution in [0, 0.1) is 0 Å². The predicted molar refractivity (Wildman–Crippen MR) is 83.7 cm³/mol. The number of alkyl halides is 4. The van der Waals surface area contributed by atoms with Crippen LogP contribution in [0.2, 0.25) is 0 Å². The Morgan fingerprint density at radius 2 is 1.24 bits per heavy atom. The molecule has 0 aliphatic heterocycles. The molecule has 0 aromatic carbocycles. The summed E-state index contributed by atoms with van der Waals surface area (Å²) >= 11 is 23.7. The molecular formula is C14H10Cl4O3. The van der Waals surface area contributed by atoms with E-state index in [1.165, 1.54) is 24.3 Å². The molecule has 0 saturated carbocycles. The highest BCUT2D eigenvalue weighted by Gasteiger charge is 2.32. The molecule has 2 rings (SSSR count). The maximum atomic E-state index is 11.9. The monoisotopic (exact) mass is 366 g/mol. The van der Waals surface area contributed by atoms with Crippen LogP contribution in [0.15, 0.2) is 47.6 Å². The fourth-order valence-corrected chi connectivity index (χ4v) is 2.72. The molecule has 21 heavy (non-hydrogen) atoms. The Hall–Kier alpha value is -0.740. The number of carbonyl (C=O) groups excluding carboxylic acids is 2. The van der Waals surface area contributed by atoms with Gasteiger partial charge in [-0.2, -0.15) is 0 Å². The highest BCUT2D eigenvalue weighted by atomic mass is 35.5. The van der Waals surface area contributed by atoms with Crippen molar-refractivity contribution in [2.24, 2.45) is 0 Å². The Bertz CT molecular complexity index is 545. The summed E-state index contributed by atoms with van der Waals surface area (Å²) in [5, 5.41) is 0. The first-order valence-electron chi connectivity index (χ1n) is 5.97. The Balaban J connectivity index is 2.02. The van der Waals surface area contributed by atoms with Gasteiger partial charge >= 0.3 is 11.9 Å². The largest absolute Gasteiger partial charge is 0.386 e. The molecule has 2 aliphatic carbocycles. The van der Waals surface area contributed by atoms with Gasteiger partial charge in [0.15, 0.2) is 0 Å². The van der Waals surface area contributed by atoms with Crippen molar-refractivity contribution < 1.29 is 14.3 Å². The topological polar surface area (TPSA) is 43.4 Å². The second kappa shape index (κ2) is 6.17. The molecule has 0 amide bonds. The summed E-state index contributed by atoms with van der Waals surface area (Å²) in [6, 6.07) is 0. The van der Waals surface area contributed by atoms with Crippen LogP contribution >= 0.6 is 46.4 Å². The minimum Gasteiger partial charge on any atom is -0.386 e. The molecule has 0 radical (unpaired) electrons. The molecule has 112 valence electrons. The maximum Gasteiger partial charge on any atom is 0.342 e. The molecular weight excluding hydrogens is 358 g/mol. The third kappa shape index (κ3) is 4.62. The number of esters is 2. The van der Waals surface area contributed by atoms with E-state index in [0.29, 0.717) is 0 Å². The van der Waals surface area contributed by atoms with Gasteiger partial charge in [0.2, 0.25) is 0 Å². The van der Waals surface area contributed by atoms with Crippen molar-refractivity contribution in [3.8, 4) is 0 Å². The molecule has 3 nitrogen and oxygen atoms in total. The summed E-state index contributed by atoms with van der Waals surface area (Å²) in [7, 11) is 0. The predicted octanol–water partition coefficient (Wildman–Crippen LogP) is 4.18. The van der Waals surface area contributed by atoms with E-state index in [-0.39, 0.29) is 24.0 Å². The van der Waals surface area contributed by atoms with Crippen LogP contribution in [-0.4, -0.2) is 20.6 Å². The van der Waals surface area contributed by atoms with E-state index in [1.54, 1.807) is 12.2 Å². The molecule has 0 fully saturated rings. The first-order chi connectivity index (χ1) is 9.69. The van der Waals surface area contributed by atoms with Crippen molar-refractivity contribution in [2.45, 2.75) is 21.5 Å². The van der Waals surface area contributed by atoms with Gasteiger partial charge in [-0.1, -0.05) is 70.7 Å². The molecule has 2 aliphatic rings. The molecule has 0 unspecified atom stereocenters. The summed E-state index contributed by atoms with van der Waals surface area (Å²) < 4.78 is 2.44. The molecule has 7 heteroatoms. The van der Waals surface area contributed by atoms with Gasteiger partial charge in [0.05, 0.1) is 0 Å². The molecule has 0 N–H and O–H groups in total. The van der Waals surface area contributed by atoms with Crippen LogP contribution in [0.1, 0.15) is 12.8 Å². The Morgan fingerprint density at radius 1 is 0.857 bits per heavy atom. The van der Waals surface area contributed by atoms with E-state index in [2.05, 4.69) is 0 Å². The Labute approximate surface area is 141 Å². The Kier molecular flexibility index (Phi) is 4.89.